The summed E-state index contributed by atoms with van der Waals surface area (Å²) in [6.45, 7) is 7.13. The van der Waals surface area contributed by atoms with Crippen LogP contribution in [-0.4, -0.2) is 40.5 Å². The third-order valence-electron chi connectivity index (χ3n) is 2.56. The van der Waals surface area contributed by atoms with Crippen LogP contribution in [0, 0.1) is 0 Å². The van der Waals surface area contributed by atoms with E-state index in [-0.39, 0.29) is 17.3 Å². The van der Waals surface area contributed by atoms with Crippen LogP contribution in [0.1, 0.15) is 48.0 Å². The Kier molecular flexibility index (Phi) is 5.85. The highest BCUT2D eigenvalue weighted by atomic mass is 32.1. The maximum absolute atomic E-state index is 12.0. The van der Waals surface area contributed by atoms with Crippen LogP contribution >= 0.6 is 22.7 Å². The molecule has 0 saturated carbocycles. The first-order valence-corrected chi connectivity index (χ1v) is 9.02. The second-order valence-corrected chi connectivity index (χ2v) is 7.62. The highest BCUT2D eigenvalue weighted by molar-refractivity contribution is 7.18. The molecule has 0 aromatic carbocycles. The molecule has 1 amide bonds. The summed E-state index contributed by atoms with van der Waals surface area (Å²) in [5, 5.41) is 4.63. The van der Waals surface area contributed by atoms with E-state index in [2.05, 4.69) is 15.3 Å². The number of aldehydes is 1. The van der Waals surface area contributed by atoms with Crippen molar-refractivity contribution >= 4 is 46.2 Å². The zero-order valence-electron chi connectivity index (χ0n) is 14.1. The molecule has 2 heterocycles. The van der Waals surface area contributed by atoms with Crippen LogP contribution in [0.4, 0.5) is 9.93 Å². The standard InChI is InChI=1S/C15H17N3O5S2/c1-5-22-12(20)10-11(25-9(6-19)17-10)8-7-24-13(16-8)18-14(21)23-15(2,3)4/h6-7H,5H2,1-4H3,(H,16,18,21). The molecule has 0 fully saturated rings. The van der Waals surface area contributed by atoms with E-state index in [0.717, 1.165) is 22.7 Å². The number of esters is 1. The zero-order valence-corrected chi connectivity index (χ0v) is 15.7. The van der Waals surface area contributed by atoms with Crippen molar-refractivity contribution in [3.8, 4) is 10.6 Å². The number of amides is 1. The van der Waals surface area contributed by atoms with E-state index in [9.17, 15) is 14.4 Å². The number of nitrogens with zero attached hydrogens (tertiary/aromatic N) is 2. The van der Waals surface area contributed by atoms with E-state index in [1.54, 1.807) is 33.1 Å². The largest absolute Gasteiger partial charge is 0.461 e. The molecule has 0 aliphatic carbocycles. The fourth-order valence-corrected chi connectivity index (χ4v) is 3.32. The lowest BCUT2D eigenvalue weighted by atomic mass is 10.2. The van der Waals surface area contributed by atoms with Gasteiger partial charge in [0.25, 0.3) is 0 Å². The number of rotatable bonds is 5. The van der Waals surface area contributed by atoms with Crippen molar-refractivity contribution in [2.75, 3.05) is 11.9 Å². The number of ether oxygens (including phenoxy) is 2. The van der Waals surface area contributed by atoms with Gasteiger partial charge in [0, 0.05) is 5.38 Å². The number of hydrogen-bond acceptors (Lipinski definition) is 9. The molecule has 25 heavy (non-hydrogen) atoms. The summed E-state index contributed by atoms with van der Waals surface area (Å²) in [5.74, 6) is -0.628. The monoisotopic (exact) mass is 383 g/mol. The van der Waals surface area contributed by atoms with Crippen molar-refractivity contribution in [3.05, 3.63) is 16.1 Å². The highest BCUT2D eigenvalue weighted by Crippen LogP contribution is 2.33. The predicted molar refractivity (Wildman–Crippen MR) is 94.4 cm³/mol. The molecule has 0 bridgehead atoms. The minimum Gasteiger partial charge on any atom is -0.461 e. The summed E-state index contributed by atoms with van der Waals surface area (Å²) in [6, 6.07) is 0. The number of anilines is 1. The molecule has 2 aromatic rings. The van der Waals surface area contributed by atoms with Crippen LogP contribution in [0.25, 0.3) is 10.6 Å². The van der Waals surface area contributed by atoms with Gasteiger partial charge in [-0.3, -0.25) is 10.1 Å². The molecule has 0 aliphatic rings. The Morgan fingerprint density at radius 3 is 2.64 bits per heavy atom. The number of carbonyl (C=O) groups excluding carboxylic acids is 3. The summed E-state index contributed by atoms with van der Waals surface area (Å²) in [6.07, 6.45) is -0.0692. The minimum atomic E-state index is -0.628. The molecule has 0 atom stereocenters. The Morgan fingerprint density at radius 2 is 2.04 bits per heavy atom. The minimum absolute atomic E-state index is 0.0306. The lowest BCUT2D eigenvalue weighted by Gasteiger charge is -2.18. The van der Waals surface area contributed by atoms with Gasteiger partial charge in [-0.2, -0.15) is 0 Å². The van der Waals surface area contributed by atoms with Crippen LogP contribution in [-0.2, 0) is 9.47 Å². The Morgan fingerprint density at radius 1 is 1.32 bits per heavy atom. The molecule has 10 heteroatoms. The second-order valence-electron chi connectivity index (χ2n) is 5.73. The third-order valence-corrected chi connectivity index (χ3v) is 4.32. The van der Waals surface area contributed by atoms with Gasteiger partial charge in [-0.25, -0.2) is 19.6 Å². The summed E-state index contributed by atoms with van der Waals surface area (Å²) < 4.78 is 10.1. The van der Waals surface area contributed by atoms with Crippen molar-refractivity contribution in [2.45, 2.75) is 33.3 Å². The van der Waals surface area contributed by atoms with Gasteiger partial charge in [0.2, 0.25) is 0 Å². The van der Waals surface area contributed by atoms with E-state index in [1.807, 2.05) is 0 Å². The number of thiazole rings is 2. The molecule has 0 radical (unpaired) electrons. The average molecular weight is 383 g/mol. The van der Waals surface area contributed by atoms with Gasteiger partial charge < -0.3 is 9.47 Å². The van der Waals surface area contributed by atoms with Crippen molar-refractivity contribution in [3.63, 3.8) is 0 Å². The van der Waals surface area contributed by atoms with Gasteiger partial charge in [0.15, 0.2) is 22.1 Å². The average Bonchev–Trinajstić information content (AvgIpc) is 3.11. The van der Waals surface area contributed by atoms with E-state index in [0.29, 0.717) is 22.0 Å². The Hall–Kier alpha value is -2.33. The second kappa shape index (κ2) is 7.70. The third kappa shape index (κ3) is 5.07. The lowest BCUT2D eigenvalue weighted by molar-refractivity contribution is 0.0520. The molecule has 134 valence electrons. The predicted octanol–water partition coefficient (Wildman–Crippen LogP) is 3.60. The first-order chi connectivity index (χ1) is 11.7. The number of carbonyl (C=O) groups is 3. The number of hydrogen-bond donors (Lipinski definition) is 1. The number of aromatic nitrogens is 2. The normalized spacial score (nSPS) is 11.0. The molecule has 8 nitrogen and oxygen atoms in total. The number of nitrogens with one attached hydrogen (secondary N) is 1. The van der Waals surface area contributed by atoms with Gasteiger partial charge >= 0.3 is 12.1 Å². The van der Waals surface area contributed by atoms with Crippen LogP contribution in [0.3, 0.4) is 0 Å². The summed E-state index contributed by atoms with van der Waals surface area (Å²) in [7, 11) is 0. The van der Waals surface area contributed by atoms with Crippen molar-refractivity contribution < 1.29 is 23.9 Å². The quantitative estimate of drug-likeness (QED) is 0.621. The summed E-state index contributed by atoms with van der Waals surface area (Å²) in [4.78, 5) is 43.4. The molecular formula is C15H17N3O5S2. The molecule has 2 rings (SSSR count). The Bertz CT molecular complexity index is 791. The first-order valence-electron chi connectivity index (χ1n) is 7.32. The van der Waals surface area contributed by atoms with E-state index in [1.165, 1.54) is 0 Å². The lowest BCUT2D eigenvalue weighted by Crippen LogP contribution is -2.27. The van der Waals surface area contributed by atoms with Crippen molar-refractivity contribution in [1.29, 1.82) is 0 Å². The topological polar surface area (TPSA) is 107 Å². The summed E-state index contributed by atoms with van der Waals surface area (Å²) >= 11 is 2.19. The van der Waals surface area contributed by atoms with Crippen LogP contribution in [0.15, 0.2) is 5.38 Å². The van der Waals surface area contributed by atoms with E-state index in [4.69, 9.17) is 9.47 Å². The van der Waals surface area contributed by atoms with Gasteiger partial charge in [-0.15, -0.1) is 22.7 Å². The highest BCUT2D eigenvalue weighted by Gasteiger charge is 2.23. The van der Waals surface area contributed by atoms with Crippen LogP contribution in [0.5, 0.6) is 0 Å². The van der Waals surface area contributed by atoms with Crippen LogP contribution in [0.2, 0.25) is 0 Å². The van der Waals surface area contributed by atoms with Gasteiger partial charge in [0.05, 0.1) is 17.2 Å². The molecule has 0 spiro atoms. The van der Waals surface area contributed by atoms with Crippen molar-refractivity contribution in [1.82, 2.24) is 9.97 Å². The van der Waals surface area contributed by atoms with Gasteiger partial charge in [-0.05, 0) is 27.7 Å². The summed E-state index contributed by atoms with van der Waals surface area (Å²) in [5.41, 5.74) is -0.176. The zero-order chi connectivity index (χ0) is 18.6. The van der Waals surface area contributed by atoms with Gasteiger partial charge in [-0.1, -0.05) is 0 Å². The molecular weight excluding hydrogens is 366 g/mol. The molecule has 0 unspecified atom stereocenters. The fourth-order valence-electron chi connectivity index (χ4n) is 1.72. The maximum Gasteiger partial charge on any atom is 0.413 e. The van der Waals surface area contributed by atoms with E-state index >= 15 is 0 Å². The fraction of sp³-hybridized carbons (Fsp3) is 0.400. The smallest absolute Gasteiger partial charge is 0.413 e. The molecule has 1 N–H and O–H groups in total. The maximum atomic E-state index is 12.0. The van der Waals surface area contributed by atoms with Crippen LogP contribution < -0.4 is 5.32 Å². The molecule has 2 aromatic heterocycles. The van der Waals surface area contributed by atoms with Gasteiger partial charge in [0.1, 0.15) is 5.60 Å². The SMILES string of the molecule is CCOC(=O)c1nc(C=O)sc1-c1csc(NC(=O)OC(C)(C)C)n1. The van der Waals surface area contributed by atoms with E-state index < -0.39 is 17.7 Å². The Labute approximate surface area is 152 Å². The Balaban J connectivity index is 2.24. The first kappa shape index (κ1) is 19.0. The molecule has 0 aliphatic heterocycles. The molecule has 0 saturated heterocycles. The van der Waals surface area contributed by atoms with Crippen molar-refractivity contribution in [2.24, 2.45) is 0 Å².